The molecule has 102 valence electrons. The number of methoxy groups -OCH3 is 1. The smallest absolute Gasteiger partial charge is 0.121 e. The topological polar surface area (TPSA) is 60.2 Å². The summed E-state index contributed by atoms with van der Waals surface area (Å²) in [6, 6.07) is 4.74. The van der Waals surface area contributed by atoms with Gasteiger partial charge in [0.1, 0.15) is 5.75 Å². The average Bonchev–Trinajstić information content (AvgIpc) is 2.51. The van der Waals surface area contributed by atoms with Crippen molar-refractivity contribution in [2.24, 2.45) is 5.73 Å². The molecule has 0 bridgehead atoms. The number of pyridine rings is 1. The van der Waals surface area contributed by atoms with Gasteiger partial charge in [-0.05, 0) is 38.3 Å². The zero-order chi connectivity index (χ0) is 18.9. The number of ether oxygens (including phenoxy) is 1. The minimum absolute atomic E-state index is 0.281. The predicted molar refractivity (Wildman–Crippen MR) is 79.7 cm³/mol. The quantitative estimate of drug-likeness (QED) is 0.843. The van der Waals surface area contributed by atoms with Crippen LogP contribution in [0.4, 0.5) is 5.69 Å². The number of nitrogens with two attached hydrogens (primary N) is 1. The highest BCUT2D eigenvalue weighted by Crippen LogP contribution is 2.28. The van der Waals surface area contributed by atoms with Crippen LogP contribution in [-0.2, 0) is 0 Å². The number of hydrogen-bond donors (Lipinski definition) is 2. The molecular weight excluding hydrogens is 238 g/mol. The molecule has 0 radical (unpaired) electrons. The predicted octanol–water partition coefficient (Wildman–Crippen LogP) is 2.78. The third-order valence-electron chi connectivity index (χ3n) is 2.72. The van der Waals surface area contributed by atoms with Gasteiger partial charge in [0.15, 0.2) is 0 Å². The molecule has 1 aromatic carbocycles. The molecule has 0 saturated carbocycles. The lowest BCUT2D eigenvalue weighted by Gasteiger charge is -2.17. The Hall–Kier alpha value is -1.81. The Morgan fingerprint density at radius 2 is 2.53 bits per heavy atom. The summed E-state index contributed by atoms with van der Waals surface area (Å²) in [5.74, 6) is 0.491. The summed E-state index contributed by atoms with van der Waals surface area (Å²) in [4.78, 5) is 4.25. The molecule has 1 heterocycles. The highest BCUT2D eigenvalue weighted by Gasteiger charge is 2.08. The fourth-order valence-electron chi connectivity index (χ4n) is 1.80. The van der Waals surface area contributed by atoms with E-state index >= 15 is 0 Å². The second kappa shape index (κ2) is 6.38. The van der Waals surface area contributed by atoms with E-state index in [4.69, 9.17) is 18.7 Å². The number of fused-ring (bicyclic) bond motifs is 1. The molecule has 1 atom stereocenters. The summed E-state index contributed by atoms with van der Waals surface area (Å²) in [7, 11) is 1.49. The van der Waals surface area contributed by atoms with Gasteiger partial charge in [0.05, 0.1) is 19.7 Å². The van der Waals surface area contributed by atoms with Crippen molar-refractivity contribution in [1.82, 2.24) is 4.98 Å². The summed E-state index contributed by atoms with van der Waals surface area (Å²) < 4.78 is 51.6. The van der Waals surface area contributed by atoms with Gasteiger partial charge in [0.25, 0.3) is 0 Å². The van der Waals surface area contributed by atoms with Crippen LogP contribution in [0.1, 0.15) is 27.9 Å². The number of hydrogen-bond acceptors (Lipinski definition) is 4. The Bertz CT molecular complexity index is 746. The van der Waals surface area contributed by atoms with Gasteiger partial charge in [-0.1, -0.05) is 6.07 Å². The minimum Gasteiger partial charge on any atom is -0.497 e. The first-order valence-corrected chi connectivity index (χ1v) is 5.95. The van der Waals surface area contributed by atoms with Crippen molar-refractivity contribution in [3.63, 3.8) is 0 Å². The highest BCUT2D eigenvalue weighted by atomic mass is 16.5. The van der Waals surface area contributed by atoms with Crippen LogP contribution in [0.15, 0.2) is 30.5 Å². The Balaban J connectivity index is 2.47. The van der Waals surface area contributed by atoms with E-state index in [0.29, 0.717) is 17.0 Å². The molecule has 2 rings (SSSR count). The van der Waals surface area contributed by atoms with E-state index in [0.717, 1.165) is 5.39 Å². The summed E-state index contributed by atoms with van der Waals surface area (Å²) >= 11 is 0. The number of anilines is 1. The summed E-state index contributed by atoms with van der Waals surface area (Å²) in [5, 5.41) is 3.45. The molecule has 4 nitrogen and oxygen atoms in total. The number of aromatic nitrogens is 1. The fraction of sp³-hybridized carbons (Fsp3) is 0.400. The lowest BCUT2D eigenvalue weighted by atomic mass is 10.1. The first-order valence-electron chi connectivity index (χ1n) is 8.95. The standard InChI is InChI=1S/C15H21N3O/c1-11(5-3-7-16)18-14-10-13(19-2)9-12-6-4-8-17-15(12)14/h4,6,8-11,18H,3,5,7,16H2,1-2H3/i1D3,7D2,11D. The number of benzene rings is 1. The molecule has 3 N–H and O–H groups in total. The van der Waals surface area contributed by atoms with E-state index in [2.05, 4.69) is 10.3 Å². The maximum Gasteiger partial charge on any atom is 0.121 e. The van der Waals surface area contributed by atoms with Crippen LogP contribution in [-0.4, -0.2) is 24.6 Å². The molecule has 1 aromatic heterocycles. The third kappa shape index (κ3) is 3.35. The van der Waals surface area contributed by atoms with Gasteiger partial charge in [0, 0.05) is 30.5 Å². The van der Waals surface area contributed by atoms with Gasteiger partial charge in [-0.25, -0.2) is 0 Å². The molecule has 0 saturated heterocycles. The average molecular weight is 265 g/mol. The summed E-state index contributed by atoms with van der Waals surface area (Å²) in [5.41, 5.74) is 6.15. The molecule has 0 amide bonds. The first-order chi connectivity index (χ1) is 11.5. The maximum atomic E-state index is 8.43. The van der Waals surface area contributed by atoms with Crippen molar-refractivity contribution in [2.75, 3.05) is 18.9 Å². The van der Waals surface area contributed by atoms with Crippen molar-refractivity contribution in [3.8, 4) is 5.75 Å². The molecule has 0 aliphatic heterocycles. The van der Waals surface area contributed by atoms with Crippen molar-refractivity contribution >= 4 is 16.6 Å². The largest absolute Gasteiger partial charge is 0.497 e. The molecule has 19 heavy (non-hydrogen) atoms. The Morgan fingerprint density at radius 3 is 3.26 bits per heavy atom. The molecule has 0 aliphatic carbocycles. The number of rotatable bonds is 6. The van der Waals surface area contributed by atoms with Crippen LogP contribution in [0, 0.1) is 0 Å². The zero-order valence-corrected chi connectivity index (χ0v) is 10.7. The Labute approximate surface area is 122 Å². The summed E-state index contributed by atoms with van der Waals surface area (Å²) in [6.45, 7) is -4.77. The molecule has 0 aliphatic rings. The molecule has 1 unspecified atom stereocenters. The van der Waals surface area contributed by atoms with Crippen molar-refractivity contribution in [2.45, 2.75) is 25.7 Å². The molecule has 0 spiro atoms. The first kappa shape index (κ1) is 7.70. The normalized spacial score (nSPS) is 20.1. The van der Waals surface area contributed by atoms with Crippen LogP contribution < -0.4 is 15.8 Å². The van der Waals surface area contributed by atoms with E-state index in [9.17, 15) is 0 Å². The molecular formula is C15H21N3O. The monoisotopic (exact) mass is 265 g/mol. The second-order valence-electron chi connectivity index (χ2n) is 4.06. The van der Waals surface area contributed by atoms with Gasteiger partial charge in [-0.3, -0.25) is 4.98 Å². The zero-order valence-electron chi connectivity index (χ0n) is 16.7. The van der Waals surface area contributed by atoms with Crippen molar-refractivity contribution in [1.29, 1.82) is 0 Å². The Kier molecular flexibility index (Phi) is 2.59. The van der Waals surface area contributed by atoms with Gasteiger partial charge in [0.2, 0.25) is 0 Å². The Morgan fingerprint density at radius 1 is 1.63 bits per heavy atom. The van der Waals surface area contributed by atoms with E-state index in [1.54, 1.807) is 30.5 Å². The molecule has 4 heteroatoms. The van der Waals surface area contributed by atoms with Crippen LogP contribution in [0.3, 0.4) is 0 Å². The maximum absolute atomic E-state index is 8.43. The van der Waals surface area contributed by atoms with Gasteiger partial charge < -0.3 is 15.8 Å². The summed E-state index contributed by atoms with van der Waals surface area (Å²) in [6.07, 6.45) is 0.981. The lowest BCUT2D eigenvalue weighted by molar-refractivity contribution is 0.415. The van der Waals surface area contributed by atoms with Crippen molar-refractivity contribution in [3.05, 3.63) is 30.5 Å². The van der Waals surface area contributed by atoms with E-state index < -0.39 is 19.4 Å². The van der Waals surface area contributed by atoms with Crippen LogP contribution in [0.2, 0.25) is 0 Å². The van der Waals surface area contributed by atoms with Gasteiger partial charge in [-0.15, -0.1) is 0 Å². The van der Waals surface area contributed by atoms with E-state index in [1.165, 1.54) is 7.11 Å². The lowest BCUT2D eigenvalue weighted by Crippen LogP contribution is -2.17. The second-order valence-corrected chi connectivity index (χ2v) is 4.06. The van der Waals surface area contributed by atoms with Gasteiger partial charge in [-0.2, -0.15) is 0 Å². The minimum atomic E-state index is -2.71. The van der Waals surface area contributed by atoms with Crippen molar-refractivity contribution < 1.29 is 13.0 Å². The highest BCUT2D eigenvalue weighted by molar-refractivity contribution is 5.91. The van der Waals surface area contributed by atoms with Crippen LogP contribution in [0.5, 0.6) is 5.75 Å². The van der Waals surface area contributed by atoms with Crippen LogP contribution >= 0.6 is 0 Å². The number of nitrogens with zero attached hydrogens (tertiary/aromatic N) is 1. The fourth-order valence-corrected chi connectivity index (χ4v) is 1.80. The molecule has 0 fully saturated rings. The molecule has 2 aromatic rings. The van der Waals surface area contributed by atoms with Gasteiger partial charge >= 0.3 is 0 Å². The third-order valence-corrected chi connectivity index (χ3v) is 2.72. The number of nitrogens with one attached hydrogen (secondary N) is 1. The van der Waals surface area contributed by atoms with E-state index in [1.807, 2.05) is 0 Å². The SMILES string of the molecule is [2H]C([2H])(N)CCC([2H])(Nc1cc(OC)cc2cccnc12)C([2H])([2H])[2H]. The van der Waals surface area contributed by atoms with E-state index in [-0.39, 0.29) is 12.8 Å². The van der Waals surface area contributed by atoms with Crippen LogP contribution in [0.25, 0.3) is 10.9 Å².